The third kappa shape index (κ3) is 7.42. The molecule has 0 bridgehead atoms. The van der Waals surface area contributed by atoms with Gasteiger partial charge in [-0.2, -0.15) is 0 Å². The average molecular weight is 562 g/mol. The van der Waals surface area contributed by atoms with Crippen molar-refractivity contribution in [3.05, 3.63) is 9.67 Å². The molecule has 0 unspecified atom stereocenters. The molecule has 0 fully saturated rings. The molecule has 1 aliphatic rings. The summed E-state index contributed by atoms with van der Waals surface area (Å²) in [4.78, 5) is 5.24. The first-order valence-corrected chi connectivity index (χ1v) is 21.7. The van der Waals surface area contributed by atoms with Gasteiger partial charge in [-0.05, 0) is 0 Å². The Bertz CT molecular complexity index is 638. The second-order valence-electron chi connectivity index (χ2n) is 10.2. The standard InChI is InChI=1S/C13H23NO3P.3C4H9.Sn/c1-7-16-18(15,17-8-2)11-12(3,4)9-10-13(5,6)14-11;3*1-3-4-2;/h9H,7-8H2,1-6H3;3*1,3-4H2,2H3;. The first-order chi connectivity index (χ1) is 14.5. The zero-order valence-corrected chi connectivity index (χ0v) is 25.7. The van der Waals surface area contributed by atoms with Gasteiger partial charge in [-0.15, -0.1) is 0 Å². The Labute approximate surface area is 197 Å². The van der Waals surface area contributed by atoms with Gasteiger partial charge in [-0.1, -0.05) is 0 Å². The fourth-order valence-electron chi connectivity index (χ4n) is 5.11. The first kappa shape index (κ1) is 29.4. The van der Waals surface area contributed by atoms with Crippen molar-refractivity contribution in [1.29, 1.82) is 0 Å². The molecule has 1 heterocycles. The number of aliphatic imine (C=N–C) groups is 1. The number of dihydropyridines is 1. The number of hydrogen-bond acceptors (Lipinski definition) is 4. The Morgan fingerprint density at radius 3 is 1.61 bits per heavy atom. The van der Waals surface area contributed by atoms with Crippen molar-refractivity contribution in [2.75, 3.05) is 13.2 Å². The van der Waals surface area contributed by atoms with Crippen LogP contribution in [-0.2, 0) is 13.6 Å². The van der Waals surface area contributed by atoms with E-state index in [1.807, 2.05) is 13.8 Å². The maximum absolute atomic E-state index is 13.8. The van der Waals surface area contributed by atoms with Gasteiger partial charge in [0.15, 0.2) is 0 Å². The molecule has 0 amide bonds. The Kier molecular flexibility index (Phi) is 12.1. The van der Waals surface area contributed by atoms with Crippen molar-refractivity contribution >= 4 is 31.4 Å². The Morgan fingerprint density at radius 1 is 0.839 bits per heavy atom. The molecule has 0 N–H and O–H groups in total. The summed E-state index contributed by atoms with van der Waals surface area (Å²) < 4.78 is 31.1. The zero-order chi connectivity index (χ0) is 23.8. The van der Waals surface area contributed by atoms with Gasteiger partial charge in [-0.3, -0.25) is 0 Å². The van der Waals surface area contributed by atoms with E-state index in [-0.39, 0.29) is 5.54 Å². The SMILES string of the molecule is CCC[CH2][Sn]([CH2]CCC)([CH2]CCC)[C]1=CC(C)(C)C(P(=O)(OCC)OCC)=NC1(C)C. The van der Waals surface area contributed by atoms with E-state index >= 15 is 0 Å². The Hall–Kier alpha value is 0.359. The van der Waals surface area contributed by atoms with Crippen LogP contribution < -0.4 is 0 Å². The van der Waals surface area contributed by atoms with E-state index in [1.165, 1.54) is 51.8 Å². The minimum absolute atomic E-state index is 0.333. The van der Waals surface area contributed by atoms with E-state index in [4.69, 9.17) is 14.0 Å². The van der Waals surface area contributed by atoms with Crippen LogP contribution in [0.1, 0.15) is 101 Å². The summed E-state index contributed by atoms with van der Waals surface area (Å²) in [5.41, 5.74) is -0.142. The van der Waals surface area contributed by atoms with Crippen molar-refractivity contribution in [2.24, 2.45) is 10.4 Å². The summed E-state index contributed by atoms with van der Waals surface area (Å²) in [6.45, 7) is 20.2. The molecule has 31 heavy (non-hydrogen) atoms. The van der Waals surface area contributed by atoms with Gasteiger partial charge >= 0.3 is 198 Å². The van der Waals surface area contributed by atoms with Crippen molar-refractivity contribution in [2.45, 2.75) is 120 Å². The van der Waals surface area contributed by atoms with E-state index in [1.54, 1.807) is 3.59 Å². The molecule has 0 atom stereocenters. The normalized spacial score (nSPS) is 18.6. The quantitative estimate of drug-likeness (QED) is 0.148. The summed E-state index contributed by atoms with van der Waals surface area (Å²) in [5, 5.41) is 0. The molecule has 0 spiro atoms. The van der Waals surface area contributed by atoms with Crippen LogP contribution in [0, 0.1) is 5.41 Å². The molecule has 1 aliphatic heterocycles. The predicted molar refractivity (Wildman–Crippen MR) is 139 cm³/mol. The number of allylic oxidation sites excluding steroid dienone is 1. The van der Waals surface area contributed by atoms with Crippen LogP contribution >= 0.6 is 7.60 Å². The molecular weight excluding hydrogens is 512 g/mol. The van der Waals surface area contributed by atoms with Gasteiger partial charge < -0.3 is 0 Å². The fraction of sp³-hybridized carbons (Fsp3) is 0.880. The Morgan fingerprint density at radius 2 is 1.26 bits per heavy atom. The van der Waals surface area contributed by atoms with Gasteiger partial charge in [0.25, 0.3) is 0 Å². The minimum atomic E-state index is -3.41. The average Bonchev–Trinajstić information content (AvgIpc) is 2.70. The summed E-state index contributed by atoms with van der Waals surface area (Å²) in [6.07, 6.45) is 10.2. The topological polar surface area (TPSA) is 47.9 Å². The van der Waals surface area contributed by atoms with Gasteiger partial charge in [0.1, 0.15) is 0 Å². The molecule has 0 aromatic heterocycles. The third-order valence-corrected chi connectivity index (χ3v) is 25.6. The second kappa shape index (κ2) is 12.7. The number of hydrogen-bond donors (Lipinski definition) is 0. The van der Waals surface area contributed by atoms with Crippen LogP contribution in [0.15, 0.2) is 14.7 Å². The molecule has 0 radical (unpaired) electrons. The molecule has 6 heteroatoms. The van der Waals surface area contributed by atoms with Crippen molar-refractivity contribution in [1.82, 2.24) is 0 Å². The number of unbranched alkanes of at least 4 members (excludes halogenated alkanes) is 3. The molecule has 0 aromatic carbocycles. The van der Waals surface area contributed by atoms with Crippen LogP contribution in [-0.4, -0.2) is 42.6 Å². The third-order valence-electron chi connectivity index (χ3n) is 6.58. The summed E-state index contributed by atoms with van der Waals surface area (Å²) in [7, 11) is -3.41. The second-order valence-corrected chi connectivity index (χ2v) is 25.3. The van der Waals surface area contributed by atoms with Gasteiger partial charge in [0, 0.05) is 0 Å². The van der Waals surface area contributed by atoms with Gasteiger partial charge in [-0.25, -0.2) is 0 Å². The van der Waals surface area contributed by atoms with E-state index < -0.39 is 31.4 Å². The molecule has 4 nitrogen and oxygen atoms in total. The van der Waals surface area contributed by atoms with Crippen LogP contribution in [0.4, 0.5) is 0 Å². The number of nitrogens with zero attached hydrogens (tertiary/aromatic N) is 1. The van der Waals surface area contributed by atoms with E-state index in [9.17, 15) is 4.57 Å². The molecular formula is C25H50NO3PSn. The van der Waals surface area contributed by atoms with Crippen LogP contribution in [0.2, 0.25) is 13.3 Å². The van der Waals surface area contributed by atoms with Crippen LogP contribution in [0.25, 0.3) is 0 Å². The van der Waals surface area contributed by atoms with Crippen LogP contribution in [0.3, 0.4) is 0 Å². The van der Waals surface area contributed by atoms with Crippen molar-refractivity contribution in [3.63, 3.8) is 0 Å². The van der Waals surface area contributed by atoms with E-state index in [2.05, 4.69) is 54.5 Å². The fourth-order valence-corrected chi connectivity index (χ4v) is 26.3. The maximum atomic E-state index is 13.8. The molecule has 0 aromatic rings. The molecule has 1 rings (SSSR count). The van der Waals surface area contributed by atoms with Crippen molar-refractivity contribution < 1.29 is 13.6 Å². The predicted octanol–water partition coefficient (Wildman–Crippen LogP) is 8.78. The molecule has 182 valence electrons. The molecule has 0 aliphatic carbocycles. The Balaban J connectivity index is 3.61. The summed E-state index contributed by atoms with van der Waals surface area (Å²) in [6, 6.07) is 0. The van der Waals surface area contributed by atoms with E-state index in [0.29, 0.717) is 18.7 Å². The first-order valence-electron chi connectivity index (χ1n) is 12.7. The van der Waals surface area contributed by atoms with Gasteiger partial charge in [0.05, 0.1) is 0 Å². The molecule has 0 saturated heterocycles. The van der Waals surface area contributed by atoms with E-state index in [0.717, 1.165) is 0 Å². The van der Waals surface area contributed by atoms with Crippen LogP contribution in [0.5, 0.6) is 0 Å². The summed E-state index contributed by atoms with van der Waals surface area (Å²) in [5.74, 6) is 0. The molecule has 0 saturated carbocycles. The summed E-state index contributed by atoms with van der Waals surface area (Å²) >= 11 is -2.69. The van der Waals surface area contributed by atoms with Crippen molar-refractivity contribution in [3.8, 4) is 0 Å². The van der Waals surface area contributed by atoms with Gasteiger partial charge in [0.2, 0.25) is 0 Å². The monoisotopic (exact) mass is 563 g/mol. The number of rotatable bonds is 15. The zero-order valence-electron chi connectivity index (χ0n) is 22.0.